The Labute approximate surface area is 150 Å². The summed E-state index contributed by atoms with van der Waals surface area (Å²) in [5.74, 6) is -0.860. The van der Waals surface area contributed by atoms with E-state index in [1.807, 2.05) is 37.4 Å². The fourth-order valence-corrected chi connectivity index (χ4v) is 2.85. The zero-order valence-corrected chi connectivity index (χ0v) is 15.0. The van der Waals surface area contributed by atoms with Gasteiger partial charge in [0, 0.05) is 9.92 Å². The molecule has 0 saturated heterocycles. The number of thioether (sulfide) groups is 1. The van der Waals surface area contributed by atoms with Crippen molar-refractivity contribution < 1.29 is 14.3 Å². The van der Waals surface area contributed by atoms with E-state index in [9.17, 15) is 9.59 Å². The molecule has 1 N–H and O–H groups in total. The van der Waals surface area contributed by atoms with Gasteiger partial charge in [-0.1, -0.05) is 35.9 Å². The van der Waals surface area contributed by atoms with Crippen LogP contribution in [0.15, 0.2) is 53.4 Å². The summed E-state index contributed by atoms with van der Waals surface area (Å²) in [6, 6.07) is 14.1. The second kappa shape index (κ2) is 8.76. The van der Waals surface area contributed by atoms with Crippen LogP contribution in [0.25, 0.3) is 0 Å². The number of nitrogens with one attached hydrogen (secondary N) is 1. The highest BCUT2D eigenvalue weighted by Crippen LogP contribution is 2.20. The lowest BCUT2D eigenvalue weighted by Gasteiger charge is -2.14. The molecule has 1 atom stereocenters. The van der Waals surface area contributed by atoms with Crippen LogP contribution >= 0.6 is 23.4 Å². The van der Waals surface area contributed by atoms with Gasteiger partial charge in [-0.3, -0.25) is 4.79 Å². The molecule has 0 aliphatic rings. The van der Waals surface area contributed by atoms with Crippen LogP contribution in [-0.4, -0.2) is 24.7 Å². The van der Waals surface area contributed by atoms with E-state index in [2.05, 4.69) is 5.32 Å². The van der Waals surface area contributed by atoms with E-state index in [0.717, 1.165) is 10.5 Å². The van der Waals surface area contributed by atoms with Crippen molar-refractivity contribution in [3.05, 3.63) is 64.7 Å². The Kier molecular flexibility index (Phi) is 6.70. The summed E-state index contributed by atoms with van der Waals surface area (Å²) in [6.07, 6.45) is 1.88. The SMILES string of the molecule is CSc1ccccc1C(=O)OCC(=O)N[C@H](C)c1ccc(Cl)cc1. The molecule has 0 heterocycles. The summed E-state index contributed by atoms with van der Waals surface area (Å²) in [5, 5.41) is 3.42. The van der Waals surface area contributed by atoms with Crippen molar-refractivity contribution in [2.75, 3.05) is 12.9 Å². The van der Waals surface area contributed by atoms with Gasteiger partial charge in [0.1, 0.15) is 0 Å². The molecule has 2 rings (SSSR count). The minimum atomic E-state index is -0.505. The third-order valence-electron chi connectivity index (χ3n) is 3.41. The highest BCUT2D eigenvalue weighted by atomic mass is 35.5. The molecule has 126 valence electrons. The molecule has 4 nitrogen and oxygen atoms in total. The lowest BCUT2D eigenvalue weighted by atomic mass is 10.1. The van der Waals surface area contributed by atoms with Crippen molar-refractivity contribution in [2.24, 2.45) is 0 Å². The highest BCUT2D eigenvalue weighted by Gasteiger charge is 2.15. The molecule has 0 aliphatic heterocycles. The molecular formula is C18H18ClNO3S. The van der Waals surface area contributed by atoms with Crippen LogP contribution < -0.4 is 5.32 Å². The van der Waals surface area contributed by atoms with Crippen LogP contribution in [0.1, 0.15) is 28.9 Å². The molecule has 2 aromatic rings. The number of carbonyl (C=O) groups excluding carboxylic acids is 2. The Bertz CT molecular complexity index is 718. The number of halogens is 1. The normalized spacial score (nSPS) is 11.6. The first-order valence-corrected chi connectivity index (χ1v) is 8.96. The summed E-state index contributed by atoms with van der Waals surface area (Å²) in [5.41, 5.74) is 1.38. The Balaban J connectivity index is 1.88. The minimum Gasteiger partial charge on any atom is -0.452 e. The number of carbonyl (C=O) groups is 2. The van der Waals surface area contributed by atoms with E-state index in [0.29, 0.717) is 10.6 Å². The number of ether oxygens (including phenoxy) is 1. The van der Waals surface area contributed by atoms with Gasteiger partial charge in [0.2, 0.25) is 0 Å². The third kappa shape index (κ3) is 5.01. The second-order valence-corrected chi connectivity index (χ2v) is 6.40. The summed E-state index contributed by atoms with van der Waals surface area (Å²) in [7, 11) is 0. The quantitative estimate of drug-likeness (QED) is 0.620. The Morgan fingerprint density at radius 1 is 1.17 bits per heavy atom. The molecule has 0 aromatic heterocycles. The monoisotopic (exact) mass is 363 g/mol. The van der Waals surface area contributed by atoms with Crippen LogP contribution in [0.2, 0.25) is 5.02 Å². The first kappa shape index (κ1) is 18.4. The number of rotatable bonds is 6. The molecule has 0 spiro atoms. The van der Waals surface area contributed by atoms with E-state index in [1.165, 1.54) is 11.8 Å². The van der Waals surface area contributed by atoms with E-state index in [1.54, 1.807) is 24.3 Å². The zero-order chi connectivity index (χ0) is 17.5. The standard InChI is InChI=1S/C18H18ClNO3S/c1-12(13-7-9-14(19)10-8-13)20-17(21)11-23-18(22)15-5-3-4-6-16(15)24-2/h3-10,12H,11H2,1-2H3,(H,20,21)/t12-/m1/s1. The fourth-order valence-electron chi connectivity index (χ4n) is 2.14. The summed E-state index contributed by atoms with van der Waals surface area (Å²) in [4.78, 5) is 24.9. The van der Waals surface area contributed by atoms with E-state index < -0.39 is 5.97 Å². The first-order chi connectivity index (χ1) is 11.5. The number of hydrogen-bond donors (Lipinski definition) is 1. The lowest BCUT2D eigenvalue weighted by molar-refractivity contribution is -0.124. The number of amides is 1. The van der Waals surface area contributed by atoms with E-state index in [4.69, 9.17) is 16.3 Å². The average molecular weight is 364 g/mol. The first-order valence-electron chi connectivity index (χ1n) is 7.36. The van der Waals surface area contributed by atoms with Crippen LogP contribution in [0, 0.1) is 0 Å². The molecule has 0 bridgehead atoms. The maximum absolute atomic E-state index is 12.1. The molecule has 2 aromatic carbocycles. The van der Waals surface area contributed by atoms with Crippen molar-refractivity contribution in [1.29, 1.82) is 0 Å². The van der Waals surface area contributed by atoms with Crippen molar-refractivity contribution in [3.8, 4) is 0 Å². The van der Waals surface area contributed by atoms with Gasteiger partial charge in [0.25, 0.3) is 5.91 Å². The van der Waals surface area contributed by atoms with E-state index >= 15 is 0 Å². The van der Waals surface area contributed by atoms with Crippen LogP contribution in [0.4, 0.5) is 0 Å². The summed E-state index contributed by atoms with van der Waals surface area (Å²) < 4.78 is 5.10. The molecule has 24 heavy (non-hydrogen) atoms. The predicted molar refractivity (Wildman–Crippen MR) is 96.5 cm³/mol. The molecule has 1 amide bonds. The van der Waals surface area contributed by atoms with E-state index in [-0.39, 0.29) is 18.6 Å². The maximum Gasteiger partial charge on any atom is 0.339 e. The van der Waals surface area contributed by atoms with Crippen LogP contribution in [0.3, 0.4) is 0 Å². The molecule has 0 fully saturated rings. The van der Waals surface area contributed by atoms with Gasteiger partial charge in [-0.2, -0.15) is 0 Å². The van der Waals surface area contributed by atoms with Crippen LogP contribution in [-0.2, 0) is 9.53 Å². The predicted octanol–water partition coefficient (Wildman–Crippen LogP) is 4.10. The van der Waals surface area contributed by atoms with Gasteiger partial charge in [-0.15, -0.1) is 11.8 Å². The minimum absolute atomic E-state index is 0.202. The topological polar surface area (TPSA) is 55.4 Å². The largest absolute Gasteiger partial charge is 0.452 e. The van der Waals surface area contributed by atoms with Crippen molar-refractivity contribution >= 4 is 35.2 Å². The molecule has 0 aliphatic carbocycles. The second-order valence-electron chi connectivity index (χ2n) is 5.12. The Morgan fingerprint density at radius 2 is 1.83 bits per heavy atom. The number of hydrogen-bond acceptors (Lipinski definition) is 4. The molecule has 0 unspecified atom stereocenters. The average Bonchev–Trinajstić information content (AvgIpc) is 2.60. The Hall–Kier alpha value is -1.98. The summed E-state index contributed by atoms with van der Waals surface area (Å²) in [6.45, 7) is 1.53. The number of esters is 1. The summed E-state index contributed by atoms with van der Waals surface area (Å²) >= 11 is 7.30. The van der Waals surface area contributed by atoms with Crippen molar-refractivity contribution in [3.63, 3.8) is 0 Å². The molecule has 0 radical (unpaired) electrons. The van der Waals surface area contributed by atoms with Crippen molar-refractivity contribution in [1.82, 2.24) is 5.32 Å². The number of benzene rings is 2. The fraction of sp³-hybridized carbons (Fsp3) is 0.222. The van der Waals surface area contributed by atoms with Crippen LogP contribution in [0.5, 0.6) is 0 Å². The van der Waals surface area contributed by atoms with Gasteiger partial charge in [0.15, 0.2) is 6.61 Å². The smallest absolute Gasteiger partial charge is 0.339 e. The lowest BCUT2D eigenvalue weighted by Crippen LogP contribution is -2.31. The Morgan fingerprint density at radius 3 is 2.50 bits per heavy atom. The van der Waals surface area contributed by atoms with Crippen molar-refractivity contribution in [2.45, 2.75) is 17.9 Å². The molecule has 6 heteroatoms. The van der Waals surface area contributed by atoms with Gasteiger partial charge < -0.3 is 10.1 Å². The highest BCUT2D eigenvalue weighted by molar-refractivity contribution is 7.98. The van der Waals surface area contributed by atoms with Gasteiger partial charge in [-0.25, -0.2) is 4.79 Å². The maximum atomic E-state index is 12.1. The van der Waals surface area contributed by atoms with Gasteiger partial charge >= 0.3 is 5.97 Å². The molecular weight excluding hydrogens is 346 g/mol. The zero-order valence-electron chi connectivity index (χ0n) is 13.4. The molecule has 0 saturated carbocycles. The van der Waals surface area contributed by atoms with Gasteiger partial charge in [0.05, 0.1) is 11.6 Å². The van der Waals surface area contributed by atoms with Gasteiger partial charge in [-0.05, 0) is 43.0 Å². The third-order valence-corrected chi connectivity index (χ3v) is 4.46.